The quantitative estimate of drug-likeness (QED) is 0.777. The van der Waals surface area contributed by atoms with Crippen molar-refractivity contribution in [2.75, 3.05) is 11.9 Å². The summed E-state index contributed by atoms with van der Waals surface area (Å²) in [7, 11) is 1.82. The van der Waals surface area contributed by atoms with E-state index >= 15 is 0 Å². The van der Waals surface area contributed by atoms with E-state index in [4.69, 9.17) is 0 Å². The van der Waals surface area contributed by atoms with Crippen LogP contribution < -0.4 is 4.90 Å². The van der Waals surface area contributed by atoms with Gasteiger partial charge in [0.25, 0.3) is 0 Å². The molecule has 1 aromatic carbocycles. The zero-order valence-corrected chi connectivity index (χ0v) is 10.2. The summed E-state index contributed by atoms with van der Waals surface area (Å²) in [5, 5.41) is 0. The Kier molecular flexibility index (Phi) is 3.37. The van der Waals surface area contributed by atoms with Crippen molar-refractivity contribution < 1.29 is 9.18 Å². The molecular formula is C14H13FN2O. The summed E-state index contributed by atoms with van der Waals surface area (Å²) >= 11 is 0. The number of aromatic nitrogens is 1. The van der Waals surface area contributed by atoms with E-state index in [0.717, 1.165) is 11.4 Å². The number of ketones is 1. The van der Waals surface area contributed by atoms with E-state index in [0.29, 0.717) is 5.69 Å². The Bertz CT molecular complexity index is 566. The van der Waals surface area contributed by atoms with Gasteiger partial charge in [-0.25, -0.2) is 4.39 Å². The number of nitrogens with zero attached hydrogens (tertiary/aromatic N) is 2. The minimum atomic E-state index is -0.285. The summed E-state index contributed by atoms with van der Waals surface area (Å²) in [6.45, 7) is 1.47. The molecule has 1 aromatic heterocycles. The number of hydrogen-bond donors (Lipinski definition) is 0. The number of carbonyl (C=O) groups excluding carboxylic acids is 1. The molecule has 0 radical (unpaired) electrons. The summed E-state index contributed by atoms with van der Waals surface area (Å²) in [5.41, 5.74) is 1.95. The van der Waals surface area contributed by atoms with Crippen LogP contribution in [0.25, 0.3) is 0 Å². The van der Waals surface area contributed by atoms with Crippen molar-refractivity contribution in [3.63, 3.8) is 0 Å². The number of carbonyl (C=O) groups is 1. The summed E-state index contributed by atoms with van der Waals surface area (Å²) in [6.07, 6.45) is 1.60. The molecule has 92 valence electrons. The Hall–Kier alpha value is -2.23. The van der Waals surface area contributed by atoms with Gasteiger partial charge in [0, 0.05) is 19.7 Å². The number of anilines is 2. The molecule has 0 aliphatic heterocycles. The summed E-state index contributed by atoms with van der Waals surface area (Å²) in [4.78, 5) is 17.0. The molecule has 3 nitrogen and oxygen atoms in total. The van der Waals surface area contributed by atoms with Crippen molar-refractivity contribution in [1.29, 1.82) is 0 Å². The van der Waals surface area contributed by atoms with E-state index in [9.17, 15) is 9.18 Å². The van der Waals surface area contributed by atoms with Crippen molar-refractivity contribution in [3.05, 3.63) is 54.1 Å². The lowest BCUT2D eigenvalue weighted by Crippen LogP contribution is -2.10. The second-order valence-electron chi connectivity index (χ2n) is 4.00. The molecule has 2 rings (SSSR count). The van der Waals surface area contributed by atoms with E-state index in [1.165, 1.54) is 19.1 Å². The molecule has 0 spiro atoms. The fourth-order valence-corrected chi connectivity index (χ4v) is 1.63. The molecule has 0 fully saturated rings. The highest BCUT2D eigenvalue weighted by Gasteiger charge is 2.06. The minimum Gasteiger partial charge on any atom is -0.343 e. The second-order valence-corrected chi connectivity index (χ2v) is 4.00. The van der Waals surface area contributed by atoms with Gasteiger partial charge in [0.15, 0.2) is 5.78 Å². The molecule has 0 N–H and O–H groups in total. The van der Waals surface area contributed by atoms with E-state index < -0.39 is 0 Å². The molecule has 0 bridgehead atoms. The second kappa shape index (κ2) is 4.96. The van der Waals surface area contributed by atoms with E-state index in [2.05, 4.69) is 4.98 Å². The molecule has 0 aliphatic rings. The highest BCUT2D eigenvalue weighted by atomic mass is 19.1. The smallest absolute Gasteiger partial charge is 0.178 e. The zero-order chi connectivity index (χ0) is 13.1. The first-order chi connectivity index (χ1) is 8.58. The number of rotatable bonds is 3. The molecule has 0 saturated carbocycles. The fourth-order valence-electron chi connectivity index (χ4n) is 1.63. The maximum Gasteiger partial charge on any atom is 0.178 e. The van der Waals surface area contributed by atoms with Gasteiger partial charge in [-0.3, -0.25) is 9.78 Å². The zero-order valence-electron chi connectivity index (χ0n) is 10.2. The van der Waals surface area contributed by atoms with E-state index in [1.807, 2.05) is 13.1 Å². The van der Waals surface area contributed by atoms with Gasteiger partial charge in [0.2, 0.25) is 0 Å². The standard InChI is InChI=1S/C14H13FN2O/c1-10(18)14-7-6-13(9-16-14)17(2)12-5-3-4-11(15)8-12/h3-9H,1-2H3. The number of pyridine rings is 1. The first kappa shape index (κ1) is 12.2. The van der Waals surface area contributed by atoms with Gasteiger partial charge in [-0.05, 0) is 30.3 Å². The van der Waals surface area contributed by atoms with Crippen LogP contribution >= 0.6 is 0 Å². The fraction of sp³-hybridized carbons (Fsp3) is 0.143. The van der Waals surface area contributed by atoms with Gasteiger partial charge in [0.05, 0.1) is 11.9 Å². The third kappa shape index (κ3) is 2.53. The maximum absolute atomic E-state index is 13.1. The van der Waals surface area contributed by atoms with Gasteiger partial charge in [-0.2, -0.15) is 0 Å². The number of halogens is 1. The molecular weight excluding hydrogens is 231 g/mol. The Morgan fingerprint density at radius 2 is 2.00 bits per heavy atom. The Morgan fingerprint density at radius 1 is 1.22 bits per heavy atom. The van der Waals surface area contributed by atoms with E-state index in [1.54, 1.807) is 29.3 Å². The van der Waals surface area contributed by atoms with Crippen LogP contribution in [0, 0.1) is 5.82 Å². The first-order valence-electron chi connectivity index (χ1n) is 5.54. The lowest BCUT2D eigenvalue weighted by Gasteiger charge is -2.19. The predicted octanol–water partition coefficient (Wildman–Crippen LogP) is 3.19. The molecule has 0 aliphatic carbocycles. The van der Waals surface area contributed by atoms with Crippen LogP contribution in [-0.4, -0.2) is 17.8 Å². The summed E-state index contributed by atoms with van der Waals surface area (Å²) < 4.78 is 13.1. The van der Waals surface area contributed by atoms with Gasteiger partial charge in [0.1, 0.15) is 11.5 Å². The van der Waals surface area contributed by atoms with Crippen LogP contribution in [0.5, 0.6) is 0 Å². The monoisotopic (exact) mass is 244 g/mol. The summed E-state index contributed by atoms with van der Waals surface area (Å²) in [5.74, 6) is -0.359. The van der Waals surface area contributed by atoms with Gasteiger partial charge in [-0.1, -0.05) is 6.07 Å². The Balaban J connectivity index is 2.28. The van der Waals surface area contributed by atoms with Crippen molar-refractivity contribution in [2.45, 2.75) is 6.92 Å². The van der Waals surface area contributed by atoms with Crippen molar-refractivity contribution >= 4 is 17.2 Å². The Labute approximate surface area is 105 Å². The van der Waals surface area contributed by atoms with Crippen LogP contribution in [-0.2, 0) is 0 Å². The number of benzene rings is 1. The van der Waals surface area contributed by atoms with Crippen molar-refractivity contribution in [1.82, 2.24) is 4.98 Å². The molecule has 1 heterocycles. The molecule has 0 unspecified atom stereocenters. The van der Waals surface area contributed by atoms with Crippen LogP contribution in [0.2, 0.25) is 0 Å². The molecule has 0 saturated heterocycles. The normalized spacial score (nSPS) is 10.2. The topological polar surface area (TPSA) is 33.2 Å². The third-order valence-corrected chi connectivity index (χ3v) is 2.69. The third-order valence-electron chi connectivity index (χ3n) is 2.69. The van der Waals surface area contributed by atoms with Crippen molar-refractivity contribution in [2.24, 2.45) is 0 Å². The summed E-state index contributed by atoms with van der Waals surface area (Å²) in [6, 6.07) is 9.75. The largest absolute Gasteiger partial charge is 0.343 e. The van der Waals surface area contributed by atoms with Crippen LogP contribution in [0.3, 0.4) is 0 Å². The molecule has 0 atom stereocenters. The molecule has 18 heavy (non-hydrogen) atoms. The van der Waals surface area contributed by atoms with Gasteiger partial charge in [-0.15, -0.1) is 0 Å². The average Bonchev–Trinajstić information content (AvgIpc) is 2.38. The Morgan fingerprint density at radius 3 is 2.56 bits per heavy atom. The average molecular weight is 244 g/mol. The first-order valence-corrected chi connectivity index (χ1v) is 5.54. The highest BCUT2D eigenvalue weighted by Crippen LogP contribution is 2.23. The SMILES string of the molecule is CC(=O)c1ccc(N(C)c2cccc(F)c2)cn1. The lowest BCUT2D eigenvalue weighted by atomic mass is 10.2. The number of Topliss-reactive ketones (excluding diaryl/α,β-unsaturated/α-hetero) is 1. The minimum absolute atomic E-state index is 0.0741. The predicted molar refractivity (Wildman–Crippen MR) is 68.7 cm³/mol. The van der Waals surface area contributed by atoms with Crippen LogP contribution in [0.15, 0.2) is 42.6 Å². The van der Waals surface area contributed by atoms with Gasteiger partial charge < -0.3 is 4.90 Å². The van der Waals surface area contributed by atoms with Crippen LogP contribution in [0.1, 0.15) is 17.4 Å². The van der Waals surface area contributed by atoms with Crippen molar-refractivity contribution in [3.8, 4) is 0 Å². The maximum atomic E-state index is 13.1. The molecule has 4 heteroatoms. The lowest BCUT2D eigenvalue weighted by molar-refractivity contribution is 0.101. The molecule has 0 amide bonds. The van der Waals surface area contributed by atoms with Crippen LogP contribution in [0.4, 0.5) is 15.8 Å². The molecule has 2 aromatic rings. The van der Waals surface area contributed by atoms with E-state index in [-0.39, 0.29) is 11.6 Å². The number of hydrogen-bond acceptors (Lipinski definition) is 3. The highest BCUT2D eigenvalue weighted by molar-refractivity contribution is 5.92. The van der Waals surface area contributed by atoms with Gasteiger partial charge >= 0.3 is 0 Å².